The quantitative estimate of drug-likeness (QED) is 0.131. The summed E-state index contributed by atoms with van der Waals surface area (Å²) >= 11 is 1.64. The zero-order valence-corrected chi connectivity index (χ0v) is 23.1. The summed E-state index contributed by atoms with van der Waals surface area (Å²) in [6.07, 6.45) is 3.81. The first-order valence-corrected chi connectivity index (χ1v) is 11.9. The van der Waals surface area contributed by atoms with Crippen molar-refractivity contribution in [2.45, 2.75) is 51.4 Å². The fraction of sp³-hybridized carbons (Fsp3) is 0.591. The van der Waals surface area contributed by atoms with Gasteiger partial charge in [-0.1, -0.05) is 37.7 Å². The van der Waals surface area contributed by atoms with Crippen LogP contribution in [-0.4, -0.2) is 60.3 Å². The normalized spacial score (nSPS) is 12.3. The molecule has 0 radical (unpaired) electrons. The molecule has 1 atom stereocenters. The minimum absolute atomic E-state index is 0. The van der Waals surface area contributed by atoms with Crippen molar-refractivity contribution in [1.82, 2.24) is 25.4 Å². The van der Waals surface area contributed by atoms with Crippen LogP contribution in [0.5, 0.6) is 11.5 Å². The monoisotopic (exact) mass is 576 g/mol. The van der Waals surface area contributed by atoms with Crippen molar-refractivity contribution in [3.8, 4) is 11.5 Å². The number of aromatic nitrogens is 3. The first-order chi connectivity index (χ1) is 15.0. The Kier molecular flexibility index (Phi) is 13.5. The summed E-state index contributed by atoms with van der Waals surface area (Å²) in [6, 6.07) is 7.65. The molecule has 1 heterocycles. The number of aryl methyl sites for hydroxylation is 1. The van der Waals surface area contributed by atoms with Crippen LogP contribution < -0.4 is 20.1 Å². The number of para-hydroxylation sites is 2. The minimum atomic E-state index is -0.0469. The molecule has 1 aromatic heterocycles. The number of ether oxygens (including phenoxy) is 2. The van der Waals surface area contributed by atoms with Crippen molar-refractivity contribution in [2.75, 3.05) is 33.5 Å². The predicted octanol–water partition coefficient (Wildman–Crippen LogP) is 3.85. The third-order valence-corrected chi connectivity index (χ3v) is 5.24. The Morgan fingerprint density at radius 2 is 1.88 bits per heavy atom. The first kappa shape index (κ1) is 28.3. The molecule has 0 bridgehead atoms. The molecule has 8 nitrogen and oxygen atoms in total. The fourth-order valence-electron chi connectivity index (χ4n) is 3.09. The highest BCUT2D eigenvalue weighted by Gasteiger charge is 2.13. The van der Waals surface area contributed by atoms with Crippen molar-refractivity contribution in [3.63, 3.8) is 0 Å². The Bertz CT molecular complexity index is 831. The lowest BCUT2D eigenvalue weighted by molar-refractivity contribution is 0.213. The minimum Gasteiger partial charge on any atom is -0.493 e. The van der Waals surface area contributed by atoms with Crippen LogP contribution in [0.25, 0.3) is 0 Å². The Balaban J connectivity index is 0.00000512. The second-order valence-electron chi connectivity index (χ2n) is 7.67. The van der Waals surface area contributed by atoms with E-state index in [9.17, 15) is 0 Å². The molecule has 0 aliphatic heterocycles. The van der Waals surface area contributed by atoms with Crippen molar-refractivity contribution in [3.05, 3.63) is 30.1 Å². The third kappa shape index (κ3) is 9.05. The number of hydrogen-bond donors (Lipinski definition) is 2. The molecular formula is C22H37IN6O2S. The zero-order chi connectivity index (χ0) is 22.6. The van der Waals surface area contributed by atoms with Crippen molar-refractivity contribution < 1.29 is 9.47 Å². The third-order valence-electron chi connectivity index (χ3n) is 4.57. The number of benzene rings is 1. The maximum Gasteiger partial charge on any atom is 0.191 e. The van der Waals surface area contributed by atoms with E-state index in [4.69, 9.17) is 9.47 Å². The molecule has 2 N–H and O–H groups in total. The fourth-order valence-corrected chi connectivity index (χ4v) is 3.62. The summed E-state index contributed by atoms with van der Waals surface area (Å²) in [5, 5.41) is 16.3. The zero-order valence-electron chi connectivity index (χ0n) is 19.9. The van der Waals surface area contributed by atoms with E-state index in [0.29, 0.717) is 12.5 Å². The molecule has 0 aliphatic rings. The standard InChI is InChI=1S/C22H36N6O2S.HI/c1-16(2)15-28-20(26-27-22(28)31-6)12-9-13-24-21(23-4)25-14-17(3)30-19-11-8-7-10-18(19)29-5;/h7-8,10-11,16-17H,9,12-15H2,1-6H3,(H2,23,24,25);1H. The lowest BCUT2D eigenvalue weighted by Gasteiger charge is -2.19. The Hall–Kier alpha value is -1.69. The molecule has 1 aromatic carbocycles. The summed E-state index contributed by atoms with van der Waals surface area (Å²) in [5.74, 6) is 3.82. The molecule has 1 unspecified atom stereocenters. The number of hydrogen-bond acceptors (Lipinski definition) is 6. The molecule has 0 spiro atoms. The number of thioether (sulfide) groups is 1. The summed E-state index contributed by atoms with van der Waals surface area (Å²) in [4.78, 5) is 4.30. The van der Waals surface area contributed by atoms with Crippen LogP contribution >= 0.6 is 35.7 Å². The van der Waals surface area contributed by atoms with E-state index in [1.165, 1.54) is 0 Å². The van der Waals surface area contributed by atoms with Gasteiger partial charge in [0.2, 0.25) is 0 Å². The van der Waals surface area contributed by atoms with Gasteiger partial charge in [0.1, 0.15) is 11.9 Å². The number of methoxy groups -OCH3 is 1. The van der Waals surface area contributed by atoms with E-state index in [-0.39, 0.29) is 30.1 Å². The second-order valence-corrected chi connectivity index (χ2v) is 8.44. The second kappa shape index (κ2) is 15.2. The lowest BCUT2D eigenvalue weighted by Crippen LogP contribution is -2.42. The summed E-state index contributed by atoms with van der Waals surface area (Å²) in [5.41, 5.74) is 0. The number of halogens is 1. The van der Waals surface area contributed by atoms with E-state index in [0.717, 1.165) is 54.4 Å². The summed E-state index contributed by atoms with van der Waals surface area (Å²) in [7, 11) is 3.41. The number of aliphatic imine (C=N–C) groups is 1. The van der Waals surface area contributed by atoms with Crippen LogP contribution in [0.1, 0.15) is 33.0 Å². The van der Waals surface area contributed by atoms with Crippen LogP contribution in [0.3, 0.4) is 0 Å². The van der Waals surface area contributed by atoms with Gasteiger partial charge in [0.05, 0.1) is 13.7 Å². The maximum atomic E-state index is 5.98. The molecule has 180 valence electrons. The molecule has 2 aromatic rings. The highest BCUT2D eigenvalue weighted by molar-refractivity contribution is 14.0. The van der Waals surface area contributed by atoms with Gasteiger partial charge < -0.3 is 24.7 Å². The van der Waals surface area contributed by atoms with Gasteiger partial charge >= 0.3 is 0 Å². The van der Waals surface area contributed by atoms with Gasteiger partial charge in [-0.2, -0.15) is 0 Å². The van der Waals surface area contributed by atoms with E-state index in [1.807, 2.05) is 37.4 Å². The SMILES string of the molecule is CN=C(NCCCc1nnc(SC)n1CC(C)C)NCC(C)Oc1ccccc1OC.I. The van der Waals surface area contributed by atoms with Gasteiger partial charge in [-0.05, 0) is 37.7 Å². The highest BCUT2D eigenvalue weighted by atomic mass is 127. The summed E-state index contributed by atoms with van der Waals surface area (Å²) < 4.78 is 13.6. The van der Waals surface area contributed by atoms with Crippen LogP contribution in [0.2, 0.25) is 0 Å². The van der Waals surface area contributed by atoms with Crippen LogP contribution in [0.15, 0.2) is 34.4 Å². The van der Waals surface area contributed by atoms with Gasteiger partial charge in [-0.25, -0.2) is 0 Å². The largest absolute Gasteiger partial charge is 0.493 e. The van der Waals surface area contributed by atoms with Crippen LogP contribution in [0.4, 0.5) is 0 Å². The summed E-state index contributed by atoms with van der Waals surface area (Å²) in [6.45, 7) is 8.80. The van der Waals surface area contributed by atoms with E-state index in [1.54, 1.807) is 25.9 Å². The molecule has 0 saturated carbocycles. The molecule has 32 heavy (non-hydrogen) atoms. The van der Waals surface area contributed by atoms with Gasteiger partial charge in [-0.3, -0.25) is 4.99 Å². The highest BCUT2D eigenvalue weighted by Crippen LogP contribution is 2.26. The molecule has 0 aliphatic carbocycles. The van der Waals surface area contributed by atoms with E-state index < -0.39 is 0 Å². The number of guanidine groups is 1. The molecule has 0 fully saturated rings. The smallest absolute Gasteiger partial charge is 0.191 e. The topological polar surface area (TPSA) is 85.6 Å². The van der Waals surface area contributed by atoms with E-state index >= 15 is 0 Å². The van der Waals surface area contributed by atoms with Gasteiger partial charge in [-0.15, -0.1) is 34.2 Å². The van der Waals surface area contributed by atoms with Crippen molar-refractivity contribution in [2.24, 2.45) is 10.9 Å². The van der Waals surface area contributed by atoms with Gasteiger partial charge in [0, 0.05) is 26.6 Å². The van der Waals surface area contributed by atoms with Gasteiger partial charge in [0.15, 0.2) is 22.6 Å². The van der Waals surface area contributed by atoms with Gasteiger partial charge in [0.25, 0.3) is 0 Å². The van der Waals surface area contributed by atoms with Crippen LogP contribution in [-0.2, 0) is 13.0 Å². The maximum absolute atomic E-state index is 5.98. The first-order valence-electron chi connectivity index (χ1n) is 10.7. The Morgan fingerprint density at radius 1 is 1.16 bits per heavy atom. The molecular weight excluding hydrogens is 539 g/mol. The molecule has 0 saturated heterocycles. The molecule has 0 amide bonds. The Morgan fingerprint density at radius 3 is 2.50 bits per heavy atom. The number of rotatable bonds is 12. The average Bonchev–Trinajstić information content (AvgIpc) is 3.14. The van der Waals surface area contributed by atoms with Crippen molar-refractivity contribution >= 4 is 41.7 Å². The van der Waals surface area contributed by atoms with Crippen molar-refractivity contribution in [1.29, 1.82) is 0 Å². The van der Waals surface area contributed by atoms with E-state index in [2.05, 4.69) is 44.2 Å². The predicted molar refractivity (Wildman–Crippen MR) is 143 cm³/mol. The Labute approximate surface area is 213 Å². The molecule has 2 rings (SSSR count). The molecule has 10 heteroatoms. The number of nitrogens with zero attached hydrogens (tertiary/aromatic N) is 4. The lowest BCUT2D eigenvalue weighted by atomic mass is 10.2. The van der Waals surface area contributed by atoms with Crippen LogP contribution in [0, 0.1) is 5.92 Å². The average molecular weight is 577 g/mol. The number of nitrogens with one attached hydrogen (secondary N) is 2.